The Morgan fingerprint density at radius 1 is 1.23 bits per heavy atom. The molecule has 1 aliphatic carbocycles. The predicted octanol–water partition coefficient (Wildman–Crippen LogP) is 2.57. The van der Waals surface area contributed by atoms with Gasteiger partial charge in [-0.25, -0.2) is 0 Å². The van der Waals surface area contributed by atoms with Crippen molar-refractivity contribution < 1.29 is 0 Å². The van der Waals surface area contributed by atoms with Crippen LogP contribution in [-0.4, -0.2) is 55.0 Å². The van der Waals surface area contributed by atoms with Crippen molar-refractivity contribution in [2.24, 2.45) is 4.99 Å². The Hall–Kier alpha value is -1.55. The van der Waals surface area contributed by atoms with Crippen LogP contribution in [0, 0.1) is 0 Å². The van der Waals surface area contributed by atoms with Crippen molar-refractivity contribution in [3.63, 3.8) is 0 Å². The zero-order chi connectivity index (χ0) is 15.8. The quantitative estimate of drug-likeness (QED) is 0.591. The molecule has 0 aromatic heterocycles. The minimum atomic E-state index is 0.824. The Balaban J connectivity index is 1.87. The van der Waals surface area contributed by atoms with E-state index in [4.69, 9.17) is 4.99 Å². The van der Waals surface area contributed by atoms with Crippen molar-refractivity contribution in [1.82, 2.24) is 15.1 Å². The number of nitrogens with zero attached hydrogens (tertiary/aromatic N) is 3. The molecule has 0 unspecified atom stereocenters. The molecular formula is C18H30N4. The summed E-state index contributed by atoms with van der Waals surface area (Å²) in [5.74, 6) is 0.998. The van der Waals surface area contributed by atoms with Crippen LogP contribution in [0.5, 0.6) is 0 Å². The Kier molecular flexibility index (Phi) is 6.72. The van der Waals surface area contributed by atoms with Crippen LogP contribution in [0.1, 0.15) is 32.3 Å². The Morgan fingerprint density at radius 2 is 1.95 bits per heavy atom. The van der Waals surface area contributed by atoms with Gasteiger partial charge in [0, 0.05) is 32.7 Å². The molecule has 1 fully saturated rings. The molecule has 0 saturated heterocycles. The van der Waals surface area contributed by atoms with Gasteiger partial charge in [0.2, 0.25) is 0 Å². The summed E-state index contributed by atoms with van der Waals surface area (Å²) in [7, 11) is 2.10. The molecular weight excluding hydrogens is 272 g/mol. The number of hydrogen-bond donors (Lipinski definition) is 1. The molecule has 1 aromatic rings. The highest BCUT2D eigenvalue weighted by Crippen LogP contribution is 2.25. The number of benzene rings is 1. The lowest BCUT2D eigenvalue weighted by Gasteiger charge is -2.23. The van der Waals surface area contributed by atoms with Gasteiger partial charge < -0.3 is 10.2 Å². The zero-order valence-electron chi connectivity index (χ0n) is 14.3. The molecule has 0 radical (unpaired) electrons. The van der Waals surface area contributed by atoms with Gasteiger partial charge in [-0.15, -0.1) is 0 Å². The lowest BCUT2D eigenvalue weighted by molar-refractivity contribution is 0.285. The predicted molar refractivity (Wildman–Crippen MR) is 94.2 cm³/mol. The van der Waals surface area contributed by atoms with Gasteiger partial charge in [0.1, 0.15) is 0 Å². The van der Waals surface area contributed by atoms with Gasteiger partial charge >= 0.3 is 0 Å². The van der Waals surface area contributed by atoms with Gasteiger partial charge in [0.05, 0.1) is 6.54 Å². The highest BCUT2D eigenvalue weighted by atomic mass is 15.3. The normalized spacial score (nSPS) is 15.2. The van der Waals surface area contributed by atoms with Gasteiger partial charge in [0.15, 0.2) is 5.96 Å². The first-order valence-electron chi connectivity index (χ1n) is 8.52. The van der Waals surface area contributed by atoms with Crippen LogP contribution in [-0.2, 0) is 6.54 Å². The number of aliphatic imine (C=N–C) groups is 1. The van der Waals surface area contributed by atoms with E-state index in [9.17, 15) is 0 Å². The second kappa shape index (κ2) is 8.79. The minimum Gasteiger partial charge on any atom is -0.357 e. The molecule has 0 heterocycles. The van der Waals surface area contributed by atoms with Crippen LogP contribution in [0.4, 0.5) is 0 Å². The summed E-state index contributed by atoms with van der Waals surface area (Å²) in [5, 5.41) is 3.40. The van der Waals surface area contributed by atoms with E-state index in [0.29, 0.717) is 0 Å². The third kappa shape index (κ3) is 5.34. The van der Waals surface area contributed by atoms with Gasteiger partial charge in [-0.3, -0.25) is 9.89 Å². The molecule has 2 rings (SSSR count). The fraction of sp³-hybridized carbons (Fsp3) is 0.611. The minimum absolute atomic E-state index is 0.824. The van der Waals surface area contributed by atoms with Crippen molar-refractivity contribution in [2.45, 2.75) is 39.3 Å². The van der Waals surface area contributed by atoms with E-state index in [-0.39, 0.29) is 0 Å². The van der Waals surface area contributed by atoms with E-state index in [1.165, 1.54) is 18.4 Å². The SMILES string of the molecule is CCNC(=NCCN(CC)C1CC1)N(C)Cc1ccccc1. The summed E-state index contributed by atoms with van der Waals surface area (Å²) < 4.78 is 0. The van der Waals surface area contributed by atoms with Gasteiger partial charge in [-0.1, -0.05) is 37.3 Å². The summed E-state index contributed by atoms with van der Waals surface area (Å²) >= 11 is 0. The van der Waals surface area contributed by atoms with Crippen LogP contribution in [0.25, 0.3) is 0 Å². The number of hydrogen-bond acceptors (Lipinski definition) is 2. The molecule has 22 heavy (non-hydrogen) atoms. The second-order valence-corrected chi connectivity index (χ2v) is 5.94. The van der Waals surface area contributed by atoms with Crippen molar-refractivity contribution in [3.05, 3.63) is 35.9 Å². The molecule has 1 aliphatic rings. The van der Waals surface area contributed by atoms with Gasteiger partial charge in [-0.2, -0.15) is 0 Å². The van der Waals surface area contributed by atoms with E-state index in [1.54, 1.807) is 0 Å². The van der Waals surface area contributed by atoms with Crippen LogP contribution < -0.4 is 5.32 Å². The Bertz CT molecular complexity index is 453. The van der Waals surface area contributed by atoms with Crippen LogP contribution in [0.15, 0.2) is 35.3 Å². The highest BCUT2D eigenvalue weighted by molar-refractivity contribution is 5.79. The van der Waals surface area contributed by atoms with Gasteiger partial charge in [-0.05, 0) is 31.9 Å². The Labute approximate surface area is 135 Å². The van der Waals surface area contributed by atoms with Crippen molar-refractivity contribution in [1.29, 1.82) is 0 Å². The van der Waals surface area contributed by atoms with Crippen molar-refractivity contribution in [3.8, 4) is 0 Å². The molecule has 122 valence electrons. The lowest BCUT2D eigenvalue weighted by Crippen LogP contribution is -2.39. The maximum absolute atomic E-state index is 4.80. The first-order chi connectivity index (χ1) is 10.7. The fourth-order valence-electron chi connectivity index (χ4n) is 2.72. The highest BCUT2D eigenvalue weighted by Gasteiger charge is 2.27. The van der Waals surface area contributed by atoms with Crippen molar-refractivity contribution >= 4 is 5.96 Å². The van der Waals surface area contributed by atoms with E-state index in [0.717, 1.165) is 44.7 Å². The summed E-state index contributed by atoms with van der Waals surface area (Å²) in [6, 6.07) is 11.4. The topological polar surface area (TPSA) is 30.9 Å². The lowest BCUT2D eigenvalue weighted by atomic mass is 10.2. The zero-order valence-corrected chi connectivity index (χ0v) is 14.3. The van der Waals surface area contributed by atoms with Crippen molar-refractivity contribution in [2.75, 3.05) is 33.2 Å². The largest absolute Gasteiger partial charge is 0.357 e. The molecule has 1 aromatic carbocycles. The summed E-state index contributed by atoms with van der Waals surface area (Å²) in [5.41, 5.74) is 1.31. The first-order valence-corrected chi connectivity index (χ1v) is 8.52. The number of rotatable bonds is 8. The van der Waals surface area contributed by atoms with Crippen LogP contribution in [0.2, 0.25) is 0 Å². The average molecular weight is 302 g/mol. The monoisotopic (exact) mass is 302 g/mol. The standard InChI is InChI=1S/C18H30N4/c1-4-19-18(20-13-14-22(5-2)17-11-12-17)21(3)15-16-9-7-6-8-10-16/h6-10,17H,4-5,11-15H2,1-3H3,(H,19,20). The molecule has 0 bridgehead atoms. The summed E-state index contributed by atoms with van der Waals surface area (Å²) in [4.78, 5) is 9.54. The van der Waals surface area contributed by atoms with E-state index in [1.807, 2.05) is 0 Å². The third-order valence-corrected chi connectivity index (χ3v) is 4.08. The summed E-state index contributed by atoms with van der Waals surface area (Å²) in [6.45, 7) is 9.21. The number of guanidine groups is 1. The Morgan fingerprint density at radius 3 is 2.55 bits per heavy atom. The smallest absolute Gasteiger partial charge is 0.194 e. The van der Waals surface area contributed by atoms with E-state index < -0.39 is 0 Å². The molecule has 4 heteroatoms. The molecule has 0 aliphatic heterocycles. The molecule has 1 N–H and O–H groups in total. The molecule has 0 spiro atoms. The third-order valence-electron chi connectivity index (χ3n) is 4.08. The van der Waals surface area contributed by atoms with Gasteiger partial charge in [0.25, 0.3) is 0 Å². The molecule has 0 atom stereocenters. The molecule has 4 nitrogen and oxygen atoms in total. The van der Waals surface area contributed by atoms with Crippen LogP contribution >= 0.6 is 0 Å². The second-order valence-electron chi connectivity index (χ2n) is 5.94. The van der Waals surface area contributed by atoms with E-state index in [2.05, 4.69) is 66.3 Å². The maximum Gasteiger partial charge on any atom is 0.194 e. The average Bonchev–Trinajstić information content (AvgIpc) is 3.36. The molecule has 1 saturated carbocycles. The summed E-state index contributed by atoms with van der Waals surface area (Å²) in [6.07, 6.45) is 2.73. The van der Waals surface area contributed by atoms with Crippen LogP contribution in [0.3, 0.4) is 0 Å². The van der Waals surface area contributed by atoms with E-state index >= 15 is 0 Å². The maximum atomic E-state index is 4.80. The number of likely N-dealkylation sites (N-methyl/N-ethyl adjacent to an activating group) is 1. The number of nitrogens with one attached hydrogen (secondary N) is 1. The first kappa shape index (κ1) is 16.8. The molecule has 0 amide bonds. The fourth-order valence-corrected chi connectivity index (χ4v) is 2.72.